The predicted molar refractivity (Wildman–Crippen MR) is 126 cm³/mol. The van der Waals surface area contributed by atoms with Gasteiger partial charge in [-0.05, 0) is 58.1 Å². The predicted octanol–water partition coefficient (Wildman–Crippen LogP) is 3.85. The molecule has 1 unspecified atom stereocenters. The molecule has 1 aliphatic carbocycles. The van der Waals surface area contributed by atoms with Crippen molar-refractivity contribution in [2.24, 2.45) is 10.9 Å². The quantitative estimate of drug-likeness (QED) is 0.511. The summed E-state index contributed by atoms with van der Waals surface area (Å²) in [6.07, 6.45) is 5.51. The Morgan fingerprint density at radius 2 is 1.94 bits per heavy atom. The number of likely N-dealkylation sites (tertiary alicyclic amines) is 1. The van der Waals surface area contributed by atoms with Gasteiger partial charge in [-0.1, -0.05) is 37.1 Å². The van der Waals surface area contributed by atoms with Gasteiger partial charge in [-0.3, -0.25) is 4.79 Å². The number of amides is 1. The zero-order chi connectivity index (χ0) is 22.3. The minimum atomic E-state index is -0.148. The van der Waals surface area contributed by atoms with Crippen LogP contribution in [0.2, 0.25) is 0 Å². The van der Waals surface area contributed by atoms with Gasteiger partial charge in [0.25, 0.3) is 0 Å². The van der Waals surface area contributed by atoms with Crippen LogP contribution in [0.25, 0.3) is 0 Å². The number of guanidine groups is 1. The maximum Gasteiger partial charge on any atom is 0.225 e. The van der Waals surface area contributed by atoms with E-state index < -0.39 is 0 Å². The second-order valence-corrected chi connectivity index (χ2v) is 9.81. The molecule has 2 fully saturated rings. The molecule has 172 valence electrons. The highest BCUT2D eigenvalue weighted by molar-refractivity contribution is 5.81. The summed E-state index contributed by atoms with van der Waals surface area (Å²) in [5.41, 5.74) is 2.18. The third-order valence-electron chi connectivity index (χ3n) is 5.97. The lowest BCUT2D eigenvalue weighted by Crippen LogP contribution is -2.45. The van der Waals surface area contributed by atoms with E-state index in [4.69, 9.17) is 9.73 Å². The maximum absolute atomic E-state index is 12.7. The molecule has 2 N–H and O–H groups in total. The fourth-order valence-corrected chi connectivity index (χ4v) is 4.31. The number of hydrogen-bond donors (Lipinski definition) is 2. The van der Waals surface area contributed by atoms with E-state index in [1.807, 2.05) is 0 Å². The van der Waals surface area contributed by atoms with Gasteiger partial charge in [-0.2, -0.15) is 0 Å². The highest BCUT2D eigenvalue weighted by Gasteiger charge is 2.32. The van der Waals surface area contributed by atoms with Gasteiger partial charge in [0.15, 0.2) is 5.96 Å². The molecule has 31 heavy (non-hydrogen) atoms. The van der Waals surface area contributed by atoms with E-state index in [-0.39, 0.29) is 17.6 Å². The number of nitrogens with zero attached hydrogens (tertiary/aromatic N) is 2. The van der Waals surface area contributed by atoms with Crippen molar-refractivity contribution in [1.82, 2.24) is 15.5 Å². The van der Waals surface area contributed by atoms with Gasteiger partial charge in [0.2, 0.25) is 5.91 Å². The molecule has 6 nitrogen and oxygen atoms in total. The molecule has 1 aliphatic heterocycles. The van der Waals surface area contributed by atoms with Gasteiger partial charge >= 0.3 is 0 Å². The Balaban J connectivity index is 1.54. The summed E-state index contributed by atoms with van der Waals surface area (Å²) >= 11 is 0. The van der Waals surface area contributed by atoms with Crippen LogP contribution in [-0.4, -0.2) is 48.0 Å². The van der Waals surface area contributed by atoms with Gasteiger partial charge in [0, 0.05) is 31.6 Å². The smallest absolute Gasteiger partial charge is 0.225 e. The van der Waals surface area contributed by atoms with Crippen molar-refractivity contribution in [3.05, 3.63) is 35.4 Å². The molecule has 1 heterocycles. The number of rotatable bonds is 7. The number of hydrogen-bond acceptors (Lipinski definition) is 3. The molecule has 3 rings (SSSR count). The highest BCUT2D eigenvalue weighted by Crippen LogP contribution is 2.27. The Morgan fingerprint density at radius 1 is 1.19 bits per heavy atom. The molecular weight excluding hydrogens is 388 g/mol. The Labute approximate surface area is 187 Å². The fraction of sp³-hybridized carbons (Fsp3) is 0.680. The molecule has 2 aliphatic rings. The third kappa shape index (κ3) is 7.53. The summed E-state index contributed by atoms with van der Waals surface area (Å²) in [6, 6.07) is 8.68. The van der Waals surface area contributed by atoms with Gasteiger partial charge in [0.1, 0.15) is 0 Å². The average molecular weight is 429 g/mol. The van der Waals surface area contributed by atoms with Gasteiger partial charge in [0.05, 0.1) is 18.8 Å². The number of carbonyl (C=O) groups excluding carboxylic acids is 1. The molecule has 1 aromatic rings. The van der Waals surface area contributed by atoms with E-state index in [9.17, 15) is 4.79 Å². The van der Waals surface area contributed by atoms with Crippen LogP contribution in [0.1, 0.15) is 70.9 Å². The van der Waals surface area contributed by atoms with Crippen LogP contribution in [0.15, 0.2) is 29.3 Å². The van der Waals surface area contributed by atoms with Crippen LogP contribution in [0.5, 0.6) is 0 Å². The zero-order valence-electron chi connectivity index (χ0n) is 19.7. The summed E-state index contributed by atoms with van der Waals surface area (Å²) in [7, 11) is 0. The second kappa shape index (κ2) is 11.0. The lowest BCUT2D eigenvalue weighted by molar-refractivity contribution is -0.134. The molecule has 1 aromatic carbocycles. The Hall–Kier alpha value is -2.08. The number of benzene rings is 1. The minimum absolute atomic E-state index is 0.148. The van der Waals surface area contributed by atoms with E-state index in [1.54, 1.807) is 0 Å². The second-order valence-electron chi connectivity index (χ2n) is 9.81. The van der Waals surface area contributed by atoms with Gasteiger partial charge in [-0.15, -0.1) is 0 Å². The first kappa shape index (κ1) is 23.6. The van der Waals surface area contributed by atoms with Crippen LogP contribution in [-0.2, 0) is 22.7 Å². The number of aliphatic imine (C=N–C) groups is 1. The molecule has 1 saturated heterocycles. The summed E-state index contributed by atoms with van der Waals surface area (Å²) in [5, 5.41) is 6.89. The van der Waals surface area contributed by atoms with Crippen molar-refractivity contribution in [2.45, 2.75) is 84.6 Å². The molecule has 1 saturated carbocycles. The highest BCUT2D eigenvalue weighted by atomic mass is 16.5. The van der Waals surface area contributed by atoms with Crippen LogP contribution < -0.4 is 10.6 Å². The van der Waals surface area contributed by atoms with Crippen LogP contribution in [0.4, 0.5) is 0 Å². The molecule has 0 bridgehead atoms. The lowest BCUT2D eigenvalue weighted by atomic mass is 10.1. The monoisotopic (exact) mass is 428 g/mol. The molecule has 1 atom stereocenters. The van der Waals surface area contributed by atoms with E-state index in [0.717, 1.165) is 56.0 Å². The van der Waals surface area contributed by atoms with E-state index in [1.165, 1.54) is 12.8 Å². The maximum atomic E-state index is 12.7. The van der Waals surface area contributed by atoms with Gasteiger partial charge < -0.3 is 20.3 Å². The van der Waals surface area contributed by atoms with Crippen LogP contribution >= 0.6 is 0 Å². The SMILES string of the molecule is CCNC(=NCc1cccc(COC(C)(C)C)c1)NC1CCN(C(=O)C2CCCC2)C1. The lowest BCUT2D eigenvalue weighted by Gasteiger charge is -2.21. The van der Waals surface area contributed by atoms with Crippen molar-refractivity contribution < 1.29 is 9.53 Å². The zero-order valence-corrected chi connectivity index (χ0v) is 19.7. The third-order valence-corrected chi connectivity index (χ3v) is 5.97. The minimum Gasteiger partial charge on any atom is -0.371 e. The topological polar surface area (TPSA) is 66.0 Å². The first-order valence-corrected chi connectivity index (χ1v) is 11.9. The van der Waals surface area contributed by atoms with E-state index >= 15 is 0 Å². The van der Waals surface area contributed by atoms with Gasteiger partial charge in [-0.25, -0.2) is 4.99 Å². The normalized spacial score (nSPS) is 20.3. The molecule has 0 spiro atoms. The Bertz CT molecular complexity index is 750. The van der Waals surface area contributed by atoms with Crippen molar-refractivity contribution in [2.75, 3.05) is 19.6 Å². The number of ether oxygens (including phenoxy) is 1. The summed E-state index contributed by atoms with van der Waals surface area (Å²) in [4.78, 5) is 19.6. The largest absolute Gasteiger partial charge is 0.371 e. The van der Waals surface area contributed by atoms with E-state index in [2.05, 4.69) is 67.5 Å². The van der Waals surface area contributed by atoms with E-state index in [0.29, 0.717) is 19.1 Å². The standard InChI is InChI=1S/C25H40N4O2/c1-5-26-24(27-16-19-9-8-10-20(15-19)18-31-25(2,3)4)28-22-13-14-29(17-22)23(30)21-11-6-7-12-21/h8-10,15,21-22H,5-7,11-14,16-18H2,1-4H3,(H2,26,27,28). The van der Waals surface area contributed by atoms with Crippen molar-refractivity contribution in [3.8, 4) is 0 Å². The molecule has 0 aromatic heterocycles. The molecule has 1 amide bonds. The molecule has 6 heteroatoms. The summed E-state index contributed by atoms with van der Waals surface area (Å²) in [5.74, 6) is 1.44. The first-order chi connectivity index (χ1) is 14.8. The molecule has 0 radical (unpaired) electrons. The Morgan fingerprint density at radius 3 is 2.65 bits per heavy atom. The van der Waals surface area contributed by atoms with Crippen LogP contribution in [0, 0.1) is 5.92 Å². The Kier molecular flexibility index (Phi) is 8.35. The summed E-state index contributed by atoms with van der Waals surface area (Å²) in [6.45, 7) is 11.9. The summed E-state index contributed by atoms with van der Waals surface area (Å²) < 4.78 is 5.90. The van der Waals surface area contributed by atoms with Crippen molar-refractivity contribution in [1.29, 1.82) is 0 Å². The van der Waals surface area contributed by atoms with Crippen molar-refractivity contribution in [3.63, 3.8) is 0 Å². The number of nitrogens with one attached hydrogen (secondary N) is 2. The molecular formula is C25H40N4O2. The van der Waals surface area contributed by atoms with Crippen molar-refractivity contribution >= 4 is 11.9 Å². The first-order valence-electron chi connectivity index (χ1n) is 11.9. The number of carbonyl (C=O) groups is 1. The average Bonchev–Trinajstić information content (AvgIpc) is 3.42. The fourth-order valence-electron chi connectivity index (χ4n) is 4.31. The van der Waals surface area contributed by atoms with Crippen LogP contribution in [0.3, 0.4) is 0 Å².